The van der Waals surface area contributed by atoms with Gasteiger partial charge in [0.15, 0.2) is 0 Å². The van der Waals surface area contributed by atoms with Gasteiger partial charge in [0.25, 0.3) is 0 Å². The van der Waals surface area contributed by atoms with Gasteiger partial charge in [0.2, 0.25) is 0 Å². The van der Waals surface area contributed by atoms with Crippen LogP contribution in [0.5, 0.6) is 0 Å². The van der Waals surface area contributed by atoms with Crippen LogP contribution in [0.3, 0.4) is 0 Å². The molecule has 0 radical (unpaired) electrons. The molecule has 162 valence electrons. The van der Waals surface area contributed by atoms with Gasteiger partial charge in [0.05, 0.1) is 29.6 Å². The average Bonchev–Trinajstić information content (AvgIpc) is 3.31. The van der Waals surface area contributed by atoms with Crippen molar-refractivity contribution < 1.29 is 10.2 Å². The van der Waals surface area contributed by atoms with Gasteiger partial charge in [-0.3, -0.25) is 0 Å². The van der Waals surface area contributed by atoms with Crippen LogP contribution in [0.4, 0.5) is 0 Å². The molecule has 30 heavy (non-hydrogen) atoms. The lowest BCUT2D eigenvalue weighted by Crippen LogP contribution is -2.58. The van der Waals surface area contributed by atoms with Gasteiger partial charge < -0.3 is 14.8 Å². The molecule has 4 fully saturated rings. The lowest BCUT2D eigenvalue weighted by Gasteiger charge is -2.62. The fourth-order valence-corrected chi connectivity index (χ4v) is 8.85. The van der Waals surface area contributed by atoms with Crippen LogP contribution < -0.4 is 0 Å². The summed E-state index contributed by atoms with van der Waals surface area (Å²) >= 11 is 0. The molecule has 4 nitrogen and oxygen atoms in total. The molecule has 4 heteroatoms. The molecule has 4 aliphatic carbocycles. The SMILES string of the molecule is CC12CCC(O)CC1CCC1C2CC(O)C2(C)C1CCC2n1cnc2ccccc21. The highest BCUT2D eigenvalue weighted by molar-refractivity contribution is 5.75. The van der Waals surface area contributed by atoms with Crippen molar-refractivity contribution in [1.29, 1.82) is 0 Å². The predicted octanol–water partition coefficient (Wildman–Crippen LogP) is 4.95. The van der Waals surface area contributed by atoms with Crippen LogP contribution >= 0.6 is 0 Å². The molecule has 0 saturated heterocycles. The standard InChI is InChI=1S/C26H36N2O2/c1-25-12-11-17(29)13-16(25)7-8-18-19-9-10-23(26(19,2)24(30)14-20(18)25)28-15-27-21-5-3-4-6-22(21)28/h3-6,15-20,23-24,29-30H,7-14H2,1-2H3. The third-order valence-corrected chi connectivity index (χ3v) is 10.5. The van der Waals surface area contributed by atoms with Crippen molar-refractivity contribution in [3.05, 3.63) is 30.6 Å². The van der Waals surface area contributed by atoms with E-state index < -0.39 is 0 Å². The van der Waals surface area contributed by atoms with E-state index in [-0.39, 0.29) is 17.6 Å². The number of imidazole rings is 1. The summed E-state index contributed by atoms with van der Waals surface area (Å²) in [7, 11) is 0. The zero-order valence-electron chi connectivity index (χ0n) is 18.4. The Morgan fingerprint density at radius 3 is 2.67 bits per heavy atom. The van der Waals surface area contributed by atoms with E-state index >= 15 is 0 Å². The molecule has 0 spiro atoms. The van der Waals surface area contributed by atoms with Crippen molar-refractivity contribution in [3.63, 3.8) is 0 Å². The first-order valence-corrected chi connectivity index (χ1v) is 12.2. The molecule has 0 amide bonds. The van der Waals surface area contributed by atoms with Crippen molar-refractivity contribution >= 4 is 11.0 Å². The summed E-state index contributed by atoms with van der Waals surface area (Å²) in [6.07, 6.45) is 10.5. The van der Waals surface area contributed by atoms with E-state index in [1.807, 2.05) is 6.33 Å². The van der Waals surface area contributed by atoms with Crippen molar-refractivity contribution in [1.82, 2.24) is 9.55 Å². The van der Waals surface area contributed by atoms with Gasteiger partial charge >= 0.3 is 0 Å². The molecule has 9 unspecified atom stereocenters. The van der Waals surface area contributed by atoms with Crippen molar-refractivity contribution in [2.75, 3.05) is 0 Å². The largest absolute Gasteiger partial charge is 0.393 e. The number of aliphatic hydroxyl groups excluding tert-OH is 2. The maximum atomic E-state index is 11.7. The Morgan fingerprint density at radius 2 is 1.80 bits per heavy atom. The number of hydrogen-bond donors (Lipinski definition) is 2. The molecule has 0 bridgehead atoms. The van der Waals surface area contributed by atoms with E-state index in [1.54, 1.807) is 0 Å². The Balaban J connectivity index is 1.36. The first kappa shape index (κ1) is 19.3. The Hall–Kier alpha value is -1.39. The molecule has 0 aliphatic heterocycles. The molecule has 1 heterocycles. The number of para-hydroxylation sites is 2. The van der Waals surface area contributed by atoms with Crippen LogP contribution in [-0.4, -0.2) is 32.0 Å². The number of aliphatic hydroxyl groups is 2. The van der Waals surface area contributed by atoms with Crippen LogP contribution in [0.1, 0.15) is 71.3 Å². The van der Waals surface area contributed by atoms with E-state index in [0.29, 0.717) is 29.2 Å². The first-order valence-electron chi connectivity index (χ1n) is 12.2. The Kier molecular flexibility index (Phi) is 4.22. The minimum atomic E-state index is -0.264. The number of fused-ring (bicyclic) bond motifs is 6. The van der Waals surface area contributed by atoms with Gasteiger partial charge in [-0.15, -0.1) is 0 Å². The third-order valence-electron chi connectivity index (χ3n) is 10.5. The van der Waals surface area contributed by atoms with Crippen molar-refractivity contribution in [2.24, 2.45) is 34.5 Å². The molecule has 4 saturated carbocycles. The second-order valence-corrected chi connectivity index (χ2v) is 11.4. The lowest BCUT2D eigenvalue weighted by molar-refractivity contribution is -0.168. The van der Waals surface area contributed by atoms with Gasteiger partial charge in [-0.1, -0.05) is 26.0 Å². The summed E-state index contributed by atoms with van der Waals surface area (Å²) in [6.45, 7) is 4.87. The van der Waals surface area contributed by atoms with E-state index in [4.69, 9.17) is 0 Å². The number of aromatic nitrogens is 2. The minimum absolute atomic E-state index is 0.0813. The summed E-state index contributed by atoms with van der Waals surface area (Å²) in [4.78, 5) is 4.67. The highest BCUT2D eigenvalue weighted by Crippen LogP contribution is 2.68. The van der Waals surface area contributed by atoms with Crippen LogP contribution in [0.15, 0.2) is 30.6 Å². The summed E-state index contributed by atoms with van der Waals surface area (Å²) in [5.41, 5.74) is 2.48. The lowest BCUT2D eigenvalue weighted by atomic mass is 9.44. The highest BCUT2D eigenvalue weighted by Gasteiger charge is 2.63. The number of nitrogens with zero attached hydrogens (tertiary/aromatic N) is 2. The van der Waals surface area contributed by atoms with Crippen LogP contribution in [-0.2, 0) is 0 Å². The maximum absolute atomic E-state index is 11.7. The number of benzene rings is 1. The average molecular weight is 409 g/mol. The third kappa shape index (κ3) is 2.44. The predicted molar refractivity (Wildman–Crippen MR) is 118 cm³/mol. The van der Waals surface area contributed by atoms with E-state index in [0.717, 1.165) is 43.5 Å². The van der Waals surface area contributed by atoms with E-state index in [1.165, 1.54) is 24.8 Å². The minimum Gasteiger partial charge on any atom is -0.393 e. The summed E-state index contributed by atoms with van der Waals surface area (Å²) in [5, 5.41) is 22.0. The normalized spacial score (nSPS) is 48.2. The molecule has 1 aromatic carbocycles. The quantitative estimate of drug-likeness (QED) is 0.702. The highest BCUT2D eigenvalue weighted by atomic mass is 16.3. The molecular weight excluding hydrogens is 372 g/mol. The molecule has 6 rings (SSSR count). The smallest absolute Gasteiger partial charge is 0.0961 e. The summed E-state index contributed by atoms with van der Waals surface area (Å²) in [6, 6.07) is 8.75. The molecule has 9 atom stereocenters. The second kappa shape index (κ2) is 6.56. The first-order chi connectivity index (χ1) is 14.4. The van der Waals surface area contributed by atoms with Crippen molar-refractivity contribution in [3.8, 4) is 0 Å². The fraction of sp³-hybridized carbons (Fsp3) is 0.731. The zero-order chi connectivity index (χ0) is 20.7. The van der Waals surface area contributed by atoms with Gasteiger partial charge in [-0.05, 0) is 92.6 Å². The zero-order valence-corrected chi connectivity index (χ0v) is 18.4. The molecule has 1 aromatic heterocycles. The van der Waals surface area contributed by atoms with Crippen LogP contribution in [0.2, 0.25) is 0 Å². The summed E-state index contributed by atoms with van der Waals surface area (Å²) in [5.74, 6) is 2.54. The Bertz CT molecular complexity index is 955. The molecule has 4 aliphatic rings. The van der Waals surface area contributed by atoms with Gasteiger partial charge in [-0.25, -0.2) is 4.98 Å². The fourth-order valence-electron chi connectivity index (χ4n) is 8.85. The van der Waals surface area contributed by atoms with Crippen LogP contribution in [0.25, 0.3) is 11.0 Å². The second-order valence-electron chi connectivity index (χ2n) is 11.4. The van der Waals surface area contributed by atoms with Gasteiger partial charge in [0.1, 0.15) is 0 Å². The Morgan fingerprint density at radius 1 is 0.967 bits per heavy atom. The van der Waals surface area contributed by atoms with Crippen LogP contribution in [0, 0.1) is 34.5 Å². The van der Waals surface area contributed by atoms with Gasteiger partial charge in [0, 0.05) is 11.5 Å². The topological polar surface area (TPSA) is 58.3 Å². The summed E-state index contributed by atoms with van der Waals surface area (Å²) < 4.78 is 2.38. The molecule has 2 aromatic rings. The van der Waals surface area contributed by atoms with E-state index in [2.05, 4.69) is 47.7 Å². The molecular formula is C26H36N2O2. The number of hydrogen-bond acceptors (Lipinski definition) is 3. The van der Waals surface area contributed by atoms with Gasteiger partial charge in [-0.2, -0.15) is 0 Å². The van der Waals surface area contributed by atoms with E-state index in [9.17, 15) is 10.2 Å². The molecule has 2 N–H and O–H groups in total. The maximum Gasteiger partial charge on any atom is 0.0961 e. The van der Waals surface area contributed by atoms with Crippen molar-refractivity contribution in [2.45, 2.75) is 83.5 Å². The number of rotatable bonds is 1. The Labute approximate surface area is 179 Å². The monoisotopic (exact) mass is 408 g/mol.